The number of carboxylic acids is 1. The van der Waals surface area contributed by atoms with Crippen LogP contribution in [0.5, 0.6) is 0 Å². The molecule has 1 fully saturated rings. The van der Waals surface area contributed by atoms with Crippen LogP contribution in [0.25, 0.3) is 0 Å². The molecule has 1 aliphatic rings. The van der Waals surface area contributed by atoms with Crippen LogP contribution in [0, 0.1) is 5.92 Å². The maximum atomic E-state index is 13.9. The zero-order chi connectivity index (χ0) is 49.0. The summed E-state index contributed by atoms with van der Waals surface area (Å²) in [6.07, 6.45) is -0.415. The van der Waals surface area contributed by atoms with E-state index in [1.807, 2.05) is 30.3 Å². The molecule has 17 N–H and O–H groups in total. The van der Waals surface area contributed by atoms with E-state index >= 15 is 0 Å². The van der Waals surface area contributed by atoms with Gasteiger partial charge in [0.05, 0.1) is 24.2 Å². The van der Waals surface area contributed by atoms with Gasteiger partial charge in [-0.2, -0.15) is 0 Å². The fraction of sp³-hybridized carbons (Fsp3) is 0.610. The summed E-state index contributed by atoms with van der Waals surface area (Å²) in [6, 6.07) is -0.969. The summed E-state index contributed by atoms with van der Waals surface area (Å²) in [6.45, 7) is 7.46. The van der Waals surface area contributed by atoms with E-state index in [4.69, 9.17) is 28.7 Å². The average molecular weight is 955 g/mol. The molecule has 9 atom stereocenters. The van der Waals surface area contributed by atoms with Gasteiger partial charge in [0.25, 0.3) is 0 Å². The van der Waals surface area contributed by atoms with Crippen molar-refractivity contribution < 1.29 is 100.0 Å². The van der Waals surface area contributed by atoms with E-state index in [2.05, 4.69) is 41.9 Å². The van der Waals surface area contributed by atoms with E-state index < -0.39 is 108 Å². The second-order valence-corrected chi connectivity index (χ2v) is 16.2. The fourth-order valence-corrected chi connectivity index (χ4v) is 6.78. The van der Waals surface area contributed by atoms with Gasteiger partial charge >= 0.3 is 51.4 Å². The van der Waals surface area contributed by atoms with Crippen molar-refractivity contribution >= 4 is 59.2 Å². The molecule has 0 spiro atoms. The van der Waals surface area contributed by atoms with Crippen molar-refractivity contribution in [2.24, 2.45) is 44.6 Å². The van der Waals surface area contributed by atoms with Crippen molar-refractivity contribution in [1.29, 1.82) is 0 Å². The predicted octanol–water partition coefficient (Wildman–Crippen LogP) is -8.61. The number of aliphatic imine (C=N–C) groups is 2. The number of nitrogens with zero attached hydrogens (tertiary/aromatic N) is 3. The third-order valence-corrected chi connectivity index (χ3v) is 10.4. The summed E-state index contributed by atoms with van der Waals surface area (Å²) in [7, 11) is 0. The molecule has 7 amide bonds. The first-order valence-corrected chi connectivity index (χ1v) is 21.5. The number of aliphatic hydroxyl groups excluding tert-OH is 1. The number of nitrogens with two attached hydrogens (primary N) is 5. The minimum atomic E-state index is -1.63. The van der Waals surface area contributed by atoms with Gasteiger partial charge in [0, 0.05) is 19.6 Å². The molecule has 362 valence electrons. The van der Waals surface area contributed by atoms with Crippen LogP contribution in [0.15, 0.2) is 40.3 Å². The molecule has 2 rings (SSSR count). The second-order valence-electron chi connectivity index (χ2n) is 16.2. The summed E-state index contributed by atoms with van der Waals surface area (Å²) in [4.78, 5) is 115. The quantitative estimate of drug-likeness (QED) is 0.0178. The molecule has 1 saturated heterocycles. The predicted molar refractivity (Wildman–Crippen MR) is 237 cm³/mol. The Morgan fingerprint density at radius 2 is 1.21 bits per heavy atom. The molecule has 0 unspecified atom stereocenters. The third kappa shape index (κ3) is 20.3. The van der Waals surface area contributed by atoms with Gasteiger partial charge in [0.1, 0.15) is 36.3 Å². The Morgan fingerprint density at radius 1 is 0.712 bits per heavy atom. The number of benzene rings is 1. The van der Waals surface area contributed by atoms with Gasteiger partial charge in [-0.3, -0.25) is 43.5 Å². The van der Waals surface area contributed by atoms with Gasteiger partial charge in [-0.15, -0.1) is 0 Å². The molecule has 0 aromatic heterocycles. The van der Waals surface area contributed by atoms with Crippen molar-refractivity contribution in [3.8, 4) is 0 Å². The number of guanidine groups is 2. The molecule has 1 aromatic carbocycles. The van der Waals surface area contributed by atoms with Gasteiger partial charge < -0.3 is 80.5 Å². The summed E-state index contributed by atoms with van der Waals surface area (Å²) in [5, 5.41) is 36.9. The number of amides is 7. The average Bonchev–Trinajstić information content (AvgIpc) is 3.73. The van der Waals surface area contributed by atoms with Crippen molar-refractivity contribution in [1.82, 2.24) is 36.8 Å². The van der Waals surface area contributed by atoms with E-state index in [0.717, 1.165) is 12.5 Å². The summed E-state index contributed by atoms with van der Waals surface area (Å²) in [5.74, 6) is -7.77. The monoisotopic (exact) mass is 954 g/mol. The van der Waals surface area contributed by atoms with Crippen LogP contribution in [-0.2, 0) is 44.8 Å². The molecular formula is C41H67KN14O10. The number of rotatable bonds is 26. The van der Waals surface area contributed by atoms with E-state index in [1.54, 1.807) is 13.8 Å². The first-order chi connectivity index (χ1) is 30.5. The van der Waals surface area contributed by atoms with Gasteiger partial charge in [0.2, 0.25) is 41.4 Å². The molecule has 1 aromatic rings. The first kappa shape index (κ1) is 59.1. The topological polar surface area (TPSA) is 410 Å². The number of carbonyl (C=O) groups is 8. The van der Waals surface area contributed by atoms with Crippen molar-refractivity contribution in [3.63, 3.8) is 0 Å². The Labute approximate surface area is 427 Å². The number of aliphatic hydroxyl groups is 1. The SMILES string of the molecule is CC(C)[C@H](NC(=O)[C@@H](N)Cc1ccccc1)C(=O)N[C@@H](CCCN=C(N)N)C(=O)N[C@@H](C)C(=O)N1CCC[C@H]1C(=O)N[C@H](C(=O)N[C@@H](CCCN=C(N)N)C(=O)N[C@@H](C)C(=O)[O-])[C@@H](C)O.[K+]. The van der Waals surface area contributed by atoms with Crippen LogP contribution in [0.4, 0.5) is 0 Å². The summed E-state index contributed by atoms with van der Waals surface area (Å²) < 4.78 is 0. The first-order valence-electron chi connectivity index (χ1n) is 21.5. The summed E-state index contributed by atoms with van der Waals surface area (Å²) >= 11 is 0. The maximum absolute atomic E-state index is 13.9. The minimum Gasteiger partial charge on any atom is -0.548 e. The van der Waals surface area contributed by atoms with Crippen LogP contribution in [0.2, 0.25) is 0 Å². The normalized spacial score (nSPS) is 16.8. The Bertz CT molecular complexity index is 1860. The molecule has 1 heterocycles. The standard InChI is InChI=1S/C41H68N14O10.K/c1-21(2)30(53-32(57)26(42)20-25-12-7-6-8-13-25)36(61)51-27(14-9-17-47-40(43)44)33(58)49-22(3)38(63)55-19-11-16-29(55)35(60)54-31(24(5)56)37(62)52-28(15-10-18-48-41(45)46)34(59)50-23(4)39(64)65;/h6-8,12-13,21-24,26-31,56H,9-11,14-20,42H2,1-5H3,(H,49,58)(H,50,59)(H,51,61)(H,52,62)(H,53,57)(H,54,60)(H,64,65)(H4,43,44,47)(H4,45,46,48);/q;+1/p-1/t22-,23-,24+,26-,27-,28-,29-,30-,31-;/m0./s1. The number of aliphatic carboxylic acids is 1. The van der Waals surface area contributed by atoms with Crippen LogP contribution in [-0.4, -0.2) is 143 Å². The second kappa shape index (κ2) is 29.7. The Morgan fingerprint density at radius 3 is 1.68 bits per heavy atom. The summed E-state index contributed by atoms with van der Waals surface area (Å²) in [5.41, 5.74) is 28.6. The van der Waals surface area contributed by atoms with Gasteiger partial charge in [-0.1, -0.05) is 44.2 Å². The molecule has 24 nitrogen and oxygen atoms in total. The van der Waals surface area contributed by atoms with Crippen molar-refractivity contribution in [2.45, 2.75) is 134 Å². The zero-order valence-corrected chi connectivity index (χ0v) is 41.7. The minimum absolute atomic E-state index is 0. The van der Waals surface area contributed by atoms with Gasteiger partial charge in [0.15, 0.2) is 11.9 Å². The number of likely N-dealkylation sites (tertiary alicyclic amines) is 1. The van der Waals surface area contributed by atoms with Crippen molar-refractivity contribution in [3.05, 3.63) is 35.9 Å². The Balaban J connectivity index is 0.0000218. The molecular weight excluding hydrogens is 888 g/mol. The molecule has 0 saturated carbocycles. The largest absolute Gasteiger partial charge is 1.00 e. The Hall–Kier alpha value is -4.92. The van der Waals surface area contributed by atoms with Crippen LogP contribution in [0.3, 0.4) is 0 Å². The molecule has 66 heavy (non-hydrogen) atoms. The molecule has 0 bridgehead atoms. The van der Waals surface area contributed by atoms with Gasteiger partial charge in [-0.05, 0) is 77.2 Å². The van der Waals surface area contributed by atoms with Gasteiger partial charge in [-0.25, -0.2) is 0 Å². The number of carboxylic acid groups (broad SMARTS) is 1. The zero-order valence-electron chi connectivity index (χ0n) is 38.6. The van der Waals surface area contributed by atoms with Crippen LogP contribution < -0.4 is 117 Å². The molecule has 25 heteroatoms. The van der Waals surface area contributed by atoms with E-state index in [0.29, 0.717) is 6.42 Å². The Kier molecular flexibility index (Phi) is 26.6. The number of nitrogens with one attached hydrogen (secondary N) is 6. The van der Waals surface area contributed by atoms with Crippen molar-refractivity contribution in [2.75, 3.05) is 19.6 Å². The van der Waals surface area contributed by atoms with E-state index in [-0.39, 0.29) is 121 Å². The van der Waals surface area contributed by atoms with Crippen LogP contribution in [0.1, 0.15) is 78.7 Å². The number of hydrogen-bond acceptors (Lipinski definition) is 13. The number of hydrogen-bond donors (Lipinski definition) is 12. The molecule has 1 aliphatic heterocycles. The number of carbonyl (C=O) groups excluding carboxylic acids is 8. The maximum Gasteiger partial charge on any atom is 1.00 e. The third-order valence-electron chi connectivity index (χ3n) is 10.4. The molecule has 0 radical (unpaired) electrons. The van der Waals surface area contributed by atoms with E-state index in [1.165, 1.54) is 18.7 Å². The molecule has 0 aliphatic carbocycles. The fourth-order valence-electron chi connectivity index (χ4n) is 6.78. The smallest absolute Gasteiger partial charge is 0.548 e. The van der Waals surface area contributed by atoms with Crippen LogP contribution >= 0.6 is 0 Å². The van der Waals surface area contributed by atoms with E-state index in [9.17, 15) is 48.6 Å².